The third-order valence-electron chi connectivity index (χ3n) is 1.48. The van der Waals surface area contributed by atoms with Gasteiger partial charge in [0.15, 0.2) is 17.5 Å². The molecule has 1 radical (unpaired) electrons. The highest BCUT2D eigenvalue weighted by Gasteiger charge is 2.11. The predicted molar refractivity (Wildman–Crippen MR) is 47.9 cm³/mol. The van der Waals surface area contributed by atoms with Gasteiger partial charge >= 0.3 is 7.48 Å². The zero-order chi connectivity index (χ0) is 10.7. The van der Waals surface area contributed by atoms with Crippen molar-refractivity contribution in [1.29, 1.82) is 0 Å². The highest BCUT2D eigenvalue weighted by Crippen LogP contribution is 2.07. The summed E-state index contributed by atoms with van der Waals surface area (Å²) in [7, 11) is 1.19. The Bertz CT molecular complexity index is 305. The summed E-state index contributed by atoms with van der Waals surface area (Å²) in [5.41, 5.74) is 0.162. The van der Waals surface area contributed by atoms with Crippen molar-refractivity contribution in [3.05, 3.63) is 29.6 Å². The van der Waals surface area contributed by atoms with Crippen LogP contribution < -0.4 is 5.46 Å². The molecule has 0 saturated heterocycles. The molecule has 0 heterocycles. The van der Waals surface area contributed by atoms with Gasteiger partial charge in [0.25, 0.3) is 0 Å². The van der Waals surface area contributed by atoms with Crippen molar-refractivity contribution in [2.45, 2.75) is 20.0 Å². The molecule has 1 aromatic rings. The minimum Gasteiger partial charge on any atom is -0.432 e. The average molecular weight is 201 g/mol. The van der Waals surface area contributed by atoms with Crippen LogP contribution in [0.3, 0.4) is 0 Å². The average Bonchev–Trinajstić information content (AvgIpc) is 2.10. The fourth-order valence-electron chi connectivity index (χ4n) is 0.858. The lowest BCUT2D eigenvalue weighted by molar-refractivity contribution is 0.260. The van der Waals surface area contributed by atoms with Crippen LogP contribution in [0.25, 0.3) is 0 Å². The van der Waals surface area contributed by atoms with Crippen molar-refractivity contribution in [2.75, 3.05) is 0 Å². The normalized spacial score (nSPS) is 10.7. The fraction of sp³-hybridized carbons (Fsp3) is 0.333. The highest BCUT2D eigenvalue weighted by atomic mass is 19.2. The van der Waals surface area contributed by atoms with E-state index in [1.165, 1.54) is 7.48 Å². The lowest BCUT2D eigenvalue weighted by atomic mass is 9.87. The monoisotopic (exact) mass is 201 g/mol. The predicted octanol–water partition coefficient (Wildman–Crippen LogP) is 1.77. The molecule has 0 saturated carbocycles. The van der Waals surface area contributed by atoms with Crippen LogP contribution in [0.15, 0.2) is 12.1 Å². The van der Waals surface area contributed by atoms with E-state index in [2.05, 4.69) is 0 Å². The summed E-state index contributed by atoms with van der Waals surface area (Å²) in [6.45, 7) is 3.54. The van der Waals surface area contributed by atoms with Crippen molar-refractivity contribution in [3.8, 4) is 0 Å². The van der Waals surface area contributed by atoms with Crippen molar-refractivity contribution < 1.29 is 17.8 Å². The third-order valence-corrected chi connectivity index (χ3v) is 1.48. The molecular formula is C9H9BF3O. The smallest absolute Gasteiger partial charge is 0.330 e. The van der Waals surface area contributed by atoms with E-state index in [1.807, 2.05) is 0 Å². The molecule has 0 unspecified atom stereocenters. The zero-order valence-electron chi connectivity index (χ0n) is 7.85. The summed E-state index contributed by atoms with van der Waals surface area (Å²) in [5, 5.41) is 0. The molecule has 0 amide bonds. The molecule has 0 aromatic heterocycles. The number of hydrogen-bond acceptors (Lipinski definition) is 1. The second-order valence-corrected chi connectivity index (χ2v) is 3.10. The number of rotatable bonds is 3. The van der Waals surface area contributed by atoms with Crippen LogP contribution >= 0.6 is 0 Å². The molecule has 0 aliphatic carbocycles. The minimum atomic E-state index is -1.47. The van der Waals surface area contributed by atoms with E-state index in [9.17, 15) is 13.2 Å². The molecule has 0 N–H and O–H groups in total. The summed E-state index contributed by atoms with van der Waals surface area (Å²) in [5.74, 6) is -3.90. The van der Waals surface area contributed by atoms with Crippen molar-refractivity contribution in [1.82, 2.24) is 0 Å². The van der Waals surface area contributed by atoms with Crippen molar-refractivity contribution >= 4 is 12.9 Å². The van der Waals surface area contributed by atoms with E-state index in [0.29, 0.717) is 0 Å². The summed E-state index contributed by atoms with van der Waals surface area (Å²) in [6, 6.07) is 1.75. The van der Waals surface area contributed by atoms with Gasteiger partial charge in [-0.05, 0) is 31.4 Å². The highest BCUT2D eigenvalue weighted by molar-refractivity contribution is 6.46. The Morgan fingerprint density at radius 2 is 1.64 bits per heavy atom. The van der Waals surface area contributed by atoms with E-state index >= 15 is 0 Å². The molecule has 0 bridgehead atoms. The van der Waals surface area contributed by atoms with Gasteiger partial charge < -0.3 is 4.65 Å². The van der Waals surface area contributed by atoms with E-state index in [-0.39, 0.29) is 11.6 Å². The topological polar surface area (TPSA) is 9.23 Å². The first-order valence-corrected chi connectivity index (χ1v) is 4.14. The van der Waals surface area contributed by atoms with Gasteiger partial charge in [-0.15, -0.1) is 0 Å². The Morgan fingerprint density at radius 1 is 1.14 bits per heavy atom. The van der Waals surface area contributed by atoms with E-state index in [1.54, 1.807) is 13.8 Å². The van der Waals surface area contributed by atoms with Gasteiger partial charge in [0.2, 0.25) is 0 Å². The van der Waals surface area contributed by atoms with Gasteiger partial charge in [-0.25, -0.2) is 13.2 Å². The Kier molecular flexibility index (Phi) is 3.58. The van der Waals surface area contributed by atoms with Crippen LogP contribution in [0.4, 0.5) is 13.2 Å². The van der Waals surface area contributed by atoms with Crippen LogP contribution in [0.2, 0.25) is 0 Å². The first-order chi connectivity index (χ1) is 6.50. The summed E-state index contributed by atoms with van der Waals surface area (Å²) in [6.07, 6.45) is -0.0915. The van der Waals surface area contributed by atoms with E-state index < -0.39 is 17.5 Å². The Morgan fingerprint density at radius 3 is 2.07 bits per heavy atom. The Balaban J connectivity index is 2.79. The van der Waals surface area contributed by atoms with Crippen LogP contribution in [0.1, 0.15) is 13.8 Å². The number of benzene rings is 1. The van der Waals surface area contributed by atoms with Crippen LogP contribution in [-0.4, -0.2) is 13.6 Å². The molecule has 0 spiro atoms. The molecular weight excluding hydrogens is 192 g/mol. The summed E-state index contributed by atoms with van der Waals surface area (Å²) < 4.78 is 42.8. The molecule has 14 heavy (non-hydrogen) atoms. The zero-order valence-corrected chi connectivity index (χ0v) is 7.85. The molecule has 1 rings (SSSR count). The molecule has 0 atom stereocenters. The molecule has 75 valence electrons. The quantitative estimate of drug-likeness (QED) is 0.534. The molecule has 1 aromatic carbocycles. The fourth-order valence-corrected chi connectivity index (χ4v) is 0.858. The maximum atomic E-state index is 12.7. The van der Waals surface area contributed by atoms with Gasteiger partial charge in [0.05, 0.1) is 0 Å². The van der Waals surface area contributed by atoms with Gasteiger partial charge in [0, 0.05) is 6.10 Å². The first kappa shape index (κ1) is 11.1. The van der Waals surface area contributed by atoms with Gasteiger partial charge in [-0.3, -0.25) is 0 Å². The second-order valence-electron chi connectivity index (χ2n) is 3.10. The van der Waals surface area contributed by atoms with Crippen molar-refractivity contribution in [2.24, 2.45) is 0 Å². The van der Waals surface area contributed by atoms with Crippen LogP contribution in [0.5, 0.6) is 0 Å². The second kappa shape index (κ2) is 4.51. The number of hydrogen-bond donors (Lipinski definition) is 0. The maximum absolute atomic E-state index is 12.7. The van der Waals surface area contributed by atoms with E-state index in [4.69, 9.17) is 4.65 Å². The summed E-state index contributed by atoms with van der Waals surface area (Å²) in [4.78, 5) is 0. The van der Waals surface area contributed by atoms with Gasteiger partial charge in [-0.2, -0.15) is 0 Å². The maximum Gasteiger partial charge on any atom is 0.330 e. The minimum absolute atomic E-state index is 0.0915. The lowest BCUT2D eigenvalue weighted by Gasteiger charge is -2.06. The van der Waals surface area contributed by atoms with Crippen LogP contribution in [-0.2, 0) is 4.65 Å². The molecule has 5 heteroatoms. The molecule has 0 aliphatic rings. The SMILES string of the molecule is CC(C)O[B]c1cc(F)c(F)c(F)c1. The first-order valence-electron chi connectivity index (χ1n) is 4.14. The van der Waals surface area contributed by atoms with Crippen molar-refractivity contribution in [3.63, 3.8) is 0 Å². The molecule has 0 fully saturated rings. The standard InChI is InChI=1S/C9H9BF3O/c1-5(2)14-10-6-3-7(11)9(13)8(12)4-6/h3-5H,1-2H3. The third kappa shape index (κ3) is 2.77. The van der Waals surface area contributed by atoms with Gasteiger partial charge in [-0.1, -0.05) is 0 Å². The lowest BCUT2D eigenvalue weighted by Crippen LogP contribution is -2.22. The van der Waals surface area contributed by atoms with Gasteiger partial charge in [0.1, 0.15) is 0 Å². The Hall–Kier alpha value is -0.965. The Labute approximate surface area is 81.2 Å². The number of halogens is 3. The van der Waals surface area contributed by atoms with E-state index in [0.717, 1.165) is 12.1 Å². The van der Waals surface area contributed by atoms with Crippen LogP contribution in [0, 0.1) is 17.5 Å². The molecule has 1 nitrogen and oxygen atoms in total. The summed E-state index contributed by atoms with van der Waals surface area (Å²) >= 11 is 0. The largest absolute Gasteiger partial charge is 0.432 e. The molecule has 0 aliphatic heterocycles.